The fourth-order valence-electron chi connectivity index (χ4n) is 2.30. The van der Waals surface area contributed by atoms with E-state index in [2.05, 4.69) is 10.3 Å². The number of fused-ring (bicyclic) bond motifs is 1. The molecule has 0 unspecified atom stereocenters. The number of amides is 1. The molecule has 3 rings (SSSR count). The van der Waals surface area contributed by atoms with Crippen LogP contribution in [0.3, 0.4) is 0 Å². The van der Waals surface area contributed by atoms with Gasteiger partial charge in [0.15, 0.2) is 0 Å². The molecule has 1 heterocycles. The number of hydrogen-bond donors (Lipinski definition) is 1. The third kappa shape index (κ3) is 2.14. The molecule has 0 bridgehead atoms. The van der Waals surface area contributed by atoms with E-state index in [-0.39, 0.29) is 5.91 Å². The molecule has 0 aliphatic heterocycles. The number of rotatable bonds is 3. The monoisotopic (exact) mass is 255 g/mol. The molecular weight excluding hydrogens is 238 g/mol. The standard InChI is InChI=1S/C15H17N3O/c1-16-13-9-14(15(19)18(2)10-7-8-10)17-12-6-4-3-5-11(12)13/h3-6,9-10H,7-8H2,1-2H3,(H,16,17). The van der Waals surface area contributed by atoms with Crippen LogP contribution in [0.2, 0.25) is 0 Å². The Morgan fingerprint density at radius 2 is 2.11 bits per heavy atom. The summed E-state index contributed by atoms with van der Waals surface area (Å²) in [5.41, 5.74) is 2.30. The summed E-state index contributed by atoms with van der Waals surface area (Å²) >= 11 is 0. The Bertz CT molecular complexity index is 634. The van der Waals surface area contributed by atoms with Crippen LogP contribution >= 0.6 is 0 Å². The van der Waals surface area contributed by atoms with E-state index in [4.69, 9.17) is 0 Å². The van der Waals surface area contributed by atoms with Crippen LogP contribution in [-0.2, 0) is 0 Å². The number of carbonyl (C=O) groups excluding carboxylic acids is 1. The van der Waals surface area contributed by atoms with Crippen molar-refractivity contribution in [2.24, 2.45) is 0 Å². The lowest BCUT2D eigenvalue weighted by molar-refractivity contribution is 0.0780. The van der Waals surface area contributed by atoms with Crippen molar-refractivity contribution in [3.05, 3.63) is 36.0 Å². The molecular formula is C15H17N3O. The Morgan fingerprint density at radius 1 is 1.37 bits per heavy atom. The number of nitrogens with zero attached hydrogens (tertiary/aromatic N) is 2. The van der Waals surface area contributed by atoms with E-state index in [0.29, 0.717) is 11.7 Å². The van der Waals surface area contributed by atoms with E-state index in [0.717, 1.165) is 29.4 Å². The largest absolute Gasteiger partial charge is 0.388 e. The van der Waals surface area contributed by atoms with Crippen LogP contribution in [0.15, 0.2) is 30.3 Å². The highest BCUT2D eigenvalue weighted by Crippen LogP contribution is 2.28. The molecule has 1 aromatic heterocycles. The second kappa shape index (κ2) is 4.53. The van der Waals surface area contributed by atoms with Crippen molar-refractivity contribution in [2.45, 2.75) is 18.9 Å². The van der Waals surface area contributed by atoms with E-state index >= 15 is 0 Å². The molecule has 4 nitrogen and oxygen atoms in total. The predicted molar refractivity (Wildman–Crippen MR) is 76.4 cm³/mol. The van der Waals surface area contributed by atoms with Gasteiger partial charge in [-0.3, -0.25) is 4.79 Å². The van der Waals surface area contributed by atoms with E-state index in [1.165, 1.54) is 0 Å². The summed E-state index contributed by atoms with van der Waals surface area (Å²) in [6.07, 6.45) is 2.21. The van der Waals surface area contributed by atoms with Crippen LogP contribution in [0.25, 0.3) is 10.9 Å². The van der Waals surface area contributed by atoms with Crippen molar-refractivity contribution in [1.82, 2.24) is 9.88 Å². The third-order valence-corrected chi connectivity index (χ3v) is 3.62. The first-order valence-corrected chi connectivity index (χ1v) is 6.55. The number of aromatic nitrogens is 1. The Balaban J connectivity index is 2.06. The number of carbonyl (C=O) groups is 1. The maximum atomic E-state index is 12.4. The zero-order chi connectivity index (χ0) is 13.4. The molecule has 0 saturated heterocycles. The lowest BCUT2D eigenvalue weighted by Crippen LogP contribution is -2.29. The fourth-order valence-corrected chi connectivity index (χ4v) is 2.30. The minimum Gasteiger partial charge on any atom is -0.388 e. The summed E-state index contributed by atoms with van der Waals surface area (Å²) in [6.45, 7) is 0. The van der Waals surface area contributed by atoms with Crippen molar-refractivity contribution in [2.75, 3.05) is 19.4 Å². The molecule has 1 N–H and O–H groups in total. The van der Waals surface area contributed by atoms with Gasteiger partial charge in [-0.15, -0.1) is 0 Å². The molecule has 1 saturated carbocycles. The summed E-state index contributed by atoms with van der Waals surface area (Å²) < 4.78 is 0. The lowest BCUT2D eigenvalue weighted by atomic mass is 10.1. The molecule has 0 atom stereocenters. The van der Waals surface area contributed by atoms with Crippen molar-refractivity contribution in [1.29, 1.82) is 0 Å². The molecule has 1 amide bonds. The van der Waals surface area contributed by atoms with Crippen molar-refractivity contribution >= 4 is 22.5 Å². The van der Waals surface area contributed by atoms with Gasteiger partial charge in [0, 0.05) is 31.2 Å². The smallest absolute Gasteiger partial charge is 0.272 e. The molecule has 98 valence electrons. The van der Waals surface area contributed by atoms with Gasteiger partial charge in [0.2, 0.25) is 0 Å². The third-order valence-electron chi connectivity index (χ3n) is 3.62. The molecule has 1 aliphatic rings. The number of benzene rings is 1. The van der Waals surface area contributed by atoms with E-state index in [9.17, 15) is 4.79 Å². The molecule has 0 radical (unpaired) electrons. The molecule has 4 heteroatoms. The molecule has 1 fully saturated rings. The van der Waals surface area contributed by atoms with E-state index in [1.807, 2.05) is 44.4 Å². The molecule has 2 aromatic rings. The highest BCUT2D eigenvalue weighted by atomic mass is 16.2. The lowest BCUT2D eigenvalue weighted by Gasteiger charge is -2.16. The summed E-state index contributed by atoms with van der Waals surface area (Å²) in [4.78, 5) is 18.7. The first-order chi connectivity index (χ1) is 9.20. The van der Waals surface area contributed by atoms with Crippen LogP contribution in [0.5, 0.6) is 0 Å². The zero-order valence-electron chi connectivity index (χ0n) is 11.2. The van der Waals surface area contributed by atoms with Gasteiger partial charge >= 0.3 is 0 Å². The summed E-state index contributed by atoms with van der Waals surface area (Å²) in [6, 6.07) is 10.1. The molecule has 19 heavy (non-hydrogen) atoms. The minimum absolute atomic E-state index is 0.00440. The van der Waals surface area contributed by atoms with Crippen LogP contribution in [0.1, 0.15) is 23.3 Å². The van der Waals surface area contributed by atoms with Crippen LogP contribution < -0.4 is 5.32 Å². The van der Waals surface area contributed by atoms with E-state index in [1.54, 1.807) is 4.90 Å². The Morgan fingerprint density at radius 3 is 2.79 bits per heavy atom. The van der Waals surface area contributed by atoms with Crippen molar-refractivity contribution in [3.63, 3.8) is 0 Å². The average molecular weight is 255 g/mol. The topological polar surface area (TPSA) is 45.2 Å². The van der Waals surface area contributed by atoms with Crippen LogP contribution in [0, 0.1) is 0 Å². The average Bonchev–Trinajstić information content (AvgIpc) is 3.29. The fraction of sp³-hybridized carbons (Fsp3) is 0.333. The van der Waals surface area contributed by atoms with Gasteiger partial charge in [-0.05, 0) is 25.0 Å². The first-order valence-electron chi connectivity index (χ1n) is 6.55. The highest BCUT2D eigenvalue weighted by molar-refractivity contribution is 5.99. The Labute approximate surface area is 112 Å². The summed E-state index contributed by atoms with van der Waals surface area (Å²) in [7, 11) is 3.72. The molecule has 0 spiro atoms. The normalized spacial score (nSPS) is 14.4. The van der Waals surface area contributed by atoms with Crippen molar-refractivity contribution in [3.8, 4) is 0 Å². The van der Waals surface area contributed by atoms with Gasteiger partial charge < -0.3 is 10.2 Å². The maximum Gasteiger partial charge on any atom is 0.272 e. The Hall–Kier alpha value is -2.10. The second-order valence-corrected chi connectivity index (χ2v) is 4.97. The summed E-state index contributed by atoms with van der Waals surface area (Å²) in [5.74, 6) is 0.00440. The maximum absolute atomic E-state index is 12.4. The number of pyridine rings is 1. The van der Waals surface area contributed by atoms with Gasteiger partial charge in [0.25, 0.3) is 5.91 Å². The van der Waals surface area contributed by atoms with Crippen LogP contribution in [-0.4, -0.2) is 35.9 Å². The van der Waals surface area contributed by atoms with E-state index < -0.39 is 0 Å². The zero-order valence-corrected chi connectivity index (χ0v) is 11.2. The molecule has 1 aliphatic carbocycles. The summed E-state index contributed by atoms with van der Waals surface area (Å²) in [5, 5.41) is 4.18. The van der Waals surface area contributed by atoms with Gasteiger partial charge in [0.05, 0.1) is 5.52 Å². The van der Waals surface area contributed by atoms with Crippen LogP contribution in [0.4, 0.5) is 5.69 Å². The van der Waals surface area contributed by atoms with Gasteiger partial charge in [-0.25, -0.2) is 4.98 Å². The molecule has 1 aromatic carbocycles. The van der Waals surface area contributed by atoms with Gasteiger partial charge in [-0.1, -0.05) is 18.2 Å². The van der Waals surface area contributed by atoms with Gasteiger partial charge in [0.1, 0.15) is 5.69 Å². The SMILES string of the molecule is CNc1cc(C(=O)N(C)C2CC2)nc2ccccc12. The first kappa shape index (κ1) is 12.0. The number of anilines is 1. The number of para-hydroxylation sites is 1. The quantitative estimate of drug-likeness (QED) is 0.916. The minimum atomic E-state index is 0.00440. The predicted octanol–water partition coefficient (Wildman–Crippen LogP) is 2.51. The highest BCUT2D eigenvalue weighted by Gasteiger charge is 2.30. The number of nitrogens with one attached hydrogen (secondary N) is 1. The second-order valence-electron chi connectivity index (χ2n) is 4.97. The van der Waals surface area contributed by atoms with Crippen molar-refractivity contribution < 1.29 is 4.79 Å². The van der Waals surface area contributed by atoms with Gasteiger partial charge in [-0.2, -0.15) is 0 Å². The Kier molecular flexibility index (Phi) is 2.85. The number of hydrogen-bond acceptors (Lipinski definition) is 3.